The van der Waals surface area contributed by atoms with Crippen molar-refractivity contribution in [1.82, 2.24) is 14.9 Å². The number of anilines is 1. The molecule has 2 heterocycles. The molecule has 114 valence electrons. The van der Waals surface area contributed by atoms with Crippen molar-refractivity contribution in [3.8, 4) is 5.88 Å². The lowest BCUT2D eigenvalue weighted by molar-refractivity contribution is 0.189. The van der Waals surface area contributed by atoms with E-state index in [2.05, 4.69) is 15.3 Å². The van der Waals surface area contributed by atoms with Crippen molar-refractivity contribution in [1.29, 1.82) is 0 Å². The molecule has 1 aliphatic heterocycles. The number of hydrogen-bond acceptors (Lipinski definition) is 4. The second-order valence-electron chi connectivity index (χ2n) is 5.27. The zero-order valence-electron chi connectivity index (χ0n) is 12.4. The molecule has 0 unspecified atom stereocenters. The lowest BCUT2D eigenvalue weighted by Crippen LogP contribution is -2.34. The van der Waals surface area contributed by atoms with Crippen LogP contribution in [0.2, 0.25) is 0 Å². The monoisotopic (exact) mass is 298 g/mol. The summed E-state index contributed by atoms with van der Waals surface area (Å²) in [5.74, 6) is 0.543. The van der Waals surface area contributed by atoms with Crippen LogP contribution >= 0.6 is 0 Å². The number of nitrogens with zero attached hydrogens (tertiary/aromatic N) is 3. The molecule has 1 saturated heterocycles. The number of carbonyl (C=O) groups excluding carboxylic acids is 1. The summed E-state index contributed by atoms with van der Waals surface area (Å²) in [4.78, 5) is 22.0. The van der Waals surface area contributed by atoms with Gasteiger partial charge in [0.15, 0.2) is 0 Å². The van der Waals surface area contributed by atoms with E-state index in [0.717, 1.165) is 17.7 Å². The summed E-state index contributed by atoms with van der Waals surface area (Å²) in [6, 6.07) is 9.36. The number of benzene rings is 1. The molecule has 1 aliphatic rings. The van der Waals surface area contributed by atoms with E-state index in [9.17, 15) is 4.79 Å². The molecule has 1 N–H and O–H groups in total. The van der Waals surface area contributed by atoms with Gasteiger partial charge in [-0.05, 0) is 18.6 Å². The summed E-state index contributed by atoms with van der Waals surface area (Å²) in [7, 11) is 0. The van der Waals surface area contributed by atoms with Crippen molar-refractivity contribution in [3.05, 3.63) is 48.4 Å². The molecule has 2 amide bonds. The number of aromatic nitrogens is 2. The molecule has 1 aromatic heterocycles. The van der Waals surface area contributed by atoms with Crippen LogP contribution in [0.15, 0.2) is 42.9 Å². The van der Waals surface area contributed by atoms with Crippen molar-refractivity contribution in [2.45, 2.75) is 19.4 Å². The SMILES string of the molecule is Cc1ccccc1NC(=O)N1CC[C@H](Oc2ccncn2)C1. The molecule has 0 radical (unpaired) electrons. The number of ether oxygens (including phenoxy) is 1. The number of nitrogens with one attached hydrogen (secondary N) is 1. The fraction of sp³-hybridized carbons (Fsp3) is 0.312. The number of amides is 2. The van der Waals surface area contributed by atoms with E-state index < -0.39 is 0 Å². The van der Waals surface area contributed by atoms with Crippen LogP contribution in [0.5, 0.6) is 5.88 Å². The lowest BCUT2D eigenvalue weighted by Gasteiger charge is -2.18. The Morgan fingerprint density at radius 2 is 2.23 bits per heavy atom. The molecule has 0 spiro atoms. The number of carbonyl (C=O) groups is 1. The van der Waals surface area contributed by atoms with Crippen LogP contribution in [0.1, 0.15) is 12.0 Å². The summed E-state index contributed by atoms with van der Waals surface area (Å²) in [5, 5.41) is 2.94. The van der Waals surface area contributed by atoms with Crippen LogP contribution in [-0.4, -0.2) is 40.1 Å². The topological polar surface area (TPSA) is 67.4 Å². The van der Waals surface area contributed by atoms with Gasteiger partial charge in [0.05, 0.1) is 6.54 Å². The summed E-state index contributed by atoms with van der Waals surface area (Å²) in [6.07, 6.45) is 3.86. The first-order chi connectivity index (χ1) is 10.7. The summed E-state index contributed by atoms with van der Waals surface area (Å²) >= 11 is 0. The van der Waals surface area contributed by atoms with E-state index in [-0.39, 0.29) is 12.1 Å². The average Bonchev–Trinajstić information content (AvgIpc) is 2.99. The Bertz CT molecular complexity index is 648. The minimum Gasteiger partial charge on any atom is -0.472 e. The fourth-order valence-electron chi connectivity index (χ4n) is 2.44. The average molecular weight is 298 g/mol. The summed E-state index contributed by atoms with van der Waals surface area (Å²) in [6.45, 7) is 3.20. The van der Waals surface area contributed by atoms with Gasteiger partial charge in [-0.1, -0.05) is 18.2 Å². The maximum absolute atomic E-state index is 12.3. The van der Waals surface area contributed by atoms with E-state index in [1.54, 1.807) is 17.2 Å². The molecular formula is C16H18N4O2. The normalized spacial score (nSPS) is 17.3. The highest BCUT2D eigenvalue weighted by Gasteiger charge is 2.28. The van der Waals surface area contributed by atoms with Crippen molar-refractivity contribution < 1.29 is 9.53 Å². The van der Waals surface area contributed by atoms with Gasteiger partial charge in [-0.3, -0.25) is 0 Å². The first-order valence-electron chi connectivity index (χ1n) is 7.26. The van der Waals surface area contributed by atoms with E-state index in [1.807, 2.05) is 31.2 Å². The Morgan fingerprint density at radius 1 is 1.36 bits per heavy atom. The number of likely N-dealkylation sites (tertiary alicyclic amines) is 1. The van der Waals surface area contributed by atoms with E-state index >= 15 is 0 Å². The molecule has 22 heavy (non-hydrogen) atoms. The summed E-state index contributed by atoms with van der Waals surface area (Å²) in [5.41, 5.74) is 1.89. The second-order valence-corrected chi connectivity index (χ2v) is 5.27. The van der Waals surface area contributed by atoms with Gasteiger partial charge in [-0.25, -0.2) is 14.8 Å². The molecule has 2 aromatic rings. The number of hydrogen-bond donors (Lipinski definition) is 1. The van der Waals surface area contributed by atoms with Crippen LogP contribution in [-0.2, 0) is 0 Å². The van der Waals surface area contributed by atoms with Gasteiger partial charge >= 0.3 is 6.03 Å². The minimum absolute atomic E-state index is 0.0301. The zero-order chi connectivity index (χ0) is 15.4. The van der Waals surface area contributed by atoms with Crippen molar-refractivity contribution in [2.75, 3.05) is 18.4 Å². The minimum atomic E-state index is -0.0944. The van der Waals surface area contributed by atoms with Crippen molar-refractivity contribution >= 4 is 11.7 Å². The van der Waals surface area contributed by atoms with Gasteiger partial charge in [0, 0.05) is 30.9 Å². The van der Waals surface area contributed by atoms with E-state index in [4.69, 9.17) is 4.74 Å². The fourth-order valence-corrected chi connectivity index (χ4v) is 2.44. The molecular weight excluding hydrogens is 280 g/mol. The quantitative estimate of drug-likeness (QED) is 0.945. The van der Waals surface area contributed by atoms with E-state index in [0.29, 0.717) is 19.0 Å². The zero-order valence-corrected chi connectivity index (χ0v) is 12.4. The van der Waals surface area contributed by atoms with Crippen LogP contribution in [0.25, 0.3) is 0 Å². The number of rotatable bonds is 3. The third kappa shape index (κ3) is 3.33. The van der Waals surface area contributed by atoms with Gasteiger partial charge in [-0.2, -0.15) is 0 Å². The molecule has 0 bridgehead atoms. The second kappa shape index (κ2) is 6.43. The van der Waals surface area contributed by atoms with Crippen LogP contribution in [0, 0.1) is 6.92 Å². The van der Waals surface area contributed by atoms with Crippen LogP contribution in [0.4, 0.5) is 10.5 Å². The predicted molar refractivity (Wildman–Crippen MR) is 82.8 cm³/mol. The molecule has 0 aliphatic carbocycles. The maximum atomic E-state index is 12.3. The Hall–Kier alpha value is -2.63. The highest BCUT2D eigenvalue weighted by Crippen LogP contribution is 2.18. The highest BCUT2D eigenvalue weighted by molar-refractivity contribution is 5.90. The van der Waals surface area contributed by atoms with Crippen LogP contribution < -0.4 is 10.1 Å². The predicted octanol–water partition coefficient (Wildman–Crippen LogP) is 2.47. The third-order valence-electron chi connectivity index (χ3n) is 3.66. The Morgan fingerprint density at radius 3 is 3.00 bits per heavy atom. The molecule has 1 aromatic carbocycles. The molecule has 3 rings (SSSR count). The first-order valence-corrected chi connectivity index (χ1v) is 7.26. The molecule has 1 atom stereocenters. The Kier molecular flexibility index (Phi) is 4.18. The number of aryl methyl sites for hydroxylation is 1. The molecule has 1 fully saturated rings. The van der Waals surface area contributed by atoms with Gasteiger partial charge in [0.2, 0.25) is 5.88 Å². The highest BCUT2D eigenvalue weighted by atomic mass is 16.5. The number of urea groups is 1. The standard InChI is InChI=1S/C16H18N4O2/c1-12-4-2-3-5-14(12)19-16(21)20-9-7-13(10-20)22-15-6-8-17-11-18-15/h2-6,8,11,13H,7,9-10H2,1H3,(H,19,21)/t13-/m0/s1. The maximum Gasteiger partial charge on any atom is 0.321 e. The molecule has 6 nitrogen and oxygen atoms in total. The number of para-hydroxylation sites is 1. The third-order valence-corrected chi connectivity index (χ3v) is 3.66. The van der Waals surface area contributed by atoms with Gasteiger partial charge < -0.3 is 15.0 Å². The largest absolute Gasteiger partial charge is 0.472 e. The van der Waals surface area contributed by atoms with Gasteiger partial charge in [-0.15, -0.1) is 0 Å². The molecule has 6 heteroatoms. The van der Waals surface area contributed by atoms with Crippen molar-refractivity contribution in [2.24, 2.45) is 0 Å². The smallest absolute Gasteiger partial charge is 0.321 e. The summed E-state index contributed by atoms with van der Waals surface area (Å²) < 4.78 is 5.76. The van der Waals surface area contributed by atoms with E-state index in [1.165, 1.54) is 6.33 Å². The van der Waals surface area contributed by atoms with Gasteiger partial charge in [0.25, 0.3) is 0 Å². The van der Waals surface area contributed by atoms with Crippen LogP contribution in [0.3, 0.4) is 0 Å². The molecule has 0 saturated carbocycles. The Labute approximate surface area is 129 Å². The van der Waals surface area contributed by atoms with Gasteiger partial charge in [0.1, 0.15) is 12.4 Å². The van der Waals surface area contributed by atoms with Crippen molar-refractivity contribution in [3.63, 3.8) is 0 Å². The lowest BCUT2D eigenvalue weighted by atomic mass is 10.2. The first kappa shape index (κ1) is 14.3. The Balaban J connectivity index is 1.56.